The van der Waals surface area contributed by atoms with Gasteiger partial charge in [0.1, 0.15) is 5.92 Å². The number of H-pyrrole nitrogens is 2. The number of nitrogens with one attached hydrogen (secondary N) is 3. The molecule has 1 aromatic rings. The van der Waals surface area contributed by atoms with E-state index < -0.39 is 35.1 Å². The Kier molecular flexibility index (Phi) is 3.99. The molecule has 4 N–H and O–H groups in total. The monoisotopic (exact) mass is 283 g/mol. The molecule has 2 atom stereocenters. The van der Waals surface area contributed by atoms with E-state index in [2.05, 4.69) is 10.3 Å². The first-order valence-corrected chi connectivity index (χ1v) is 5.88. The van der Waals surface area contributed by atoms with Crippen molar-refractivity contribution in [3.8, 4) is 0 Å². The average Bonchev–Trinajstić information content (AvgIpc) is 2.75. The highest BCUT2D eigenvalue weighted by molar-refractivity contribution is 5.80. The molecule has 1 aromatic heterocycles. The Morgan fingerprint density at radius 3 is 2.75 bits per heavy atom. The third-order valence-corrected chi connectivity index (χ3v) is 2.91. The number of aromatic nitrogens is 2. The summed E-state index contributed by atoms with van der Waals surface area (Å²) in [6.07, 6.45) is -0.220. The molecule has 1 saturated heterocycles. The van der Waals surface area contributed by atoms with Crippen molar-refractivity contribution in [3.05, 3.63) is 32.6 Å². The molecule has 108 valence electrons. The molecule has 0 saturated carbocycles. The van der Waals surface area contributed by atoms with E-state index in [-0.39, 0.29) is 25.3 Å². The van der Waals surface area contributed by atoms with Crippen molar-refractivity contribution < 1.29 is 19.4 Å². The molecule has 9 heteroatoms. The molecular formula is C11H13N3O6. The van der Waals surface area contributed by atoms with E-state index in [0.717, 1.165) is 6.07 Å². The molecule has 1 amide bonds. The fraction of sp³-hybridized carbons (Fsp3) is 0.455. The second-order valence-corrected chi connectivity index (χ2v) is 4.45. The van der Waals surface area contributed by atoms with Crippen molar-refractivity contribution in [3.63, 3.8) is 0 Å². The van der Waals surface area contributed by atoms with Crippen LogP contribution in [-0.4, -0.2) is 46.2 Å². The molecule has 1 aliphatic rings. The molecule has 2 heterocycles. The van der Waals surface area contributed by atoms with Crippen molar-refractivity contribution >= 4 is 11.9 Å². The molecular weight excluding hydrogens is 270 g/mol. The van der Waals surface area contributed by atoms with Crippen LogP contribution in [0.3, 0.4) is 0 Å². The van der Waals surface area contributed by atoms with Gasteiger partial charge in [-0.05, 0) is 0 Å². The Labute approximate surface area is 112 Å². The fourth-order valence-corrected chi connectivity index (χ4v) is 1.99. The van der Waals surface area contributed by atoms with Crippen molar-refractivity contribution in [2.24, 2.45) is 5.92 Å². The van der Waals surface area contributed by atoms with Crippen LogP contribution < -0.4 is 16.6 Å². The minimum absolute atomic E-state index is 0.0438. The summed E-state index contributed by atoms with van der Waals surface area (Å²) in [7, 11) is 0. The highest BCUT2D eigenvalue weighted by Crippen LogP contribution is 2.13. The average molecular weight is 283 g/mol. The predicted octanol–water partition coefficient (Wildman–Crippen LogP) is -2.18. The van der Waals surface area contributed by atoms with Gasteiger partial charge in [0.15, 0.2) is 0 Å². The van der Waals surface area contributed by atoms with Gasteiger partial charge >= 0.3 is 11.7 Å². The van der Waals surface area contributed by atoms with Crippen LogP contribution in [0.1, 0.15) is 5.69 Å². The number of carbonyl (C=O) groups is 2. The molecule has 0 aromatic carbocycles. The SMILES string of the molecule is O=C(Cc1cc(=O)[nH]c(=O)[nH]1)NC1COCC1C(=O)O. The number of aromatic amines is 2. The second-order valence-electron chi connectivity index (χ2n) is 4.45. The van der Waals surface area contributed by atoms with Crippen LogP contribution in [0, 0.1) is 5.92 Å². The van der Waals surface area contributed by atoms with Crippen LogP contribution in [0.25, 0.3) is 0 Å². The molecule has 0 spiro atoms. The number of carboxylic acid groups (broad SMARTS) is 1. The normalized spacial score (nSPS) is 21.6. The highest BCUT2D eigenvalue weighted by atomic mass is 16.5. The van der Waals surface area contributed by atoms with Gasteiger partial charge in [-0.1, -0.05) is 0 Å². The number of ether oxygens (including phenoxy) is 1. The van der Waals surface area contributed by atoms with Gasteiger partial charge in [0.25, 0.3) is 5.56 Å². The minimum Gasteiger partial charge on any atom is -0.481 e. The van der Waals surface area contributed by atoms with Gasteiger partial charge in [0.2, 0.25) is 5.91 Å². The third kappa shape index (κ3) is 3.32. The maximum atomic E-state index is 11.8. The van der Waals surface area contributed by atoms with E-state index in [1.807, 2.05) is 4.98 Å². The molecule has 2 rings (SSSR count). The largest absolute Gasteiger partial charge is 0.481 e. The summed E-state index contributed by atoms with van der Waals surface area (Å²) in [4.78, 5) is 49.1. The van der Waals surface area contributed by atoms with Crippen LogP contribution in [0.4, 0.5) is 0 Å². The summed E-state index contributed by atoms with van der Waals surface area (Å²) in [5.74, 6) is -2.33. The van der Waals surface area contributed by atoms with Crippen LogP contribution in [-0.2, 0) is 20.7 Å². The molecule has 9 nitrogen and oxygen atoms in total. The van der Waals surface area contributed by atoms with Crippen molar-refractivity contribution in [1.82, 2.24) is 15.3 Å². The Balaban J connectivity index is 2.00. The van der Waals surface area contributed by atoms with Crippen molar-refractivity contribution in [1.29, 1.82) is 0 Å². The first kappa shape index (κ1) is 14.0. The lowest BCUT2D eigenvalue weighted by atomic mass is 10.0. The quantitative estimate of drug-likeness (QED) is 0.495. The number of rotatable bonds is 4. The maximum Gasteiger partial charge on any atom is 0.325 e. The van der Waals surface area contributed by atoms with Gasteiger partial charge in [-0.25, -0.2) is 4.79 Å². The lowest BCUT2D eigenvalue weighted by Crippen LogP contribution is -2.43. The number of hydrogen-bond donors (Lipinski definition) is 4. The molecule has 2 unspecified atom stereocenters. The van der Waals surface area contributed by atoms with Crippen LogP contribution in [0.5, 0.6) is 0 Å². The summed E-state index contributed by atoms with van der Waals surface area (Å²) < 4.78 is 5.01. The summed E-state index contributed by atoms with van der Waals surface area (Å²) in [5.41, 5.74) is -1.15. The first-order chi connectivity index (χ1) is 9.45. The number of hydrogen-bond acceptors (Lipinski definition) is 5. The van der Waals surface area contributed by atoms with Crippen molar-refractivity contribution in [2.75, 3.05) is 13.2 Å². The standard InChI is InChI=1S/C11H13N3O6/c15-8(1-5-2-9(16)14-11(19)12-5)13-7-4-20-3-6(7)10(17)18/h2,6-7H,1,3-4H2,(H,13,15)(H,17,18)(H2,12,14,16,19). The van der Waals surface area contributed by atoms with Gasteiger partial charge in [-0.15, -0.1) is 0 Å². The second kappa shape index (κ2) is 5.70. The van der Waals surface area contributed by atoms with E-state index in [0.29, 0.717) is 0 Å². The van der Waals surface area contributed by atoms with E-state index >= 15 is 0 Å². The number of amides is 1. The van der Waals surface area contributed by atoms with E-state index in [1.165, 1.54) is 0 Å². The lowest BCUT2D eigenvalue weighted by molar-refractivity contribution is -0.142. The van der Waals surface area contributed by atoms with Gasteiger partial charge < -0.3 is 20.1 Å². The molecule has 1 aliphatic heterocycles. The fourth-order valence-electron chi connectivity index (χ4n) is 1.99. The van der Waals surface area contributed by atoms with Gasteiger partial charge in [-0.3, -0.25) is 19.4 Å². The Morgan fingerprint density at radius 2 is 2.10 bits per heavy atom. The van der Waals surface area contributed by atoms with Crippen LogP contribution in [0.15, 0.2) is 15.7 Å². The van der Waals surface area contributed by atoms with E-state index in [4.69, 9.17) is 9.84 Å². The highest BCUT2D eigenvalue weighted by Gasteiger charge is 2.34. The first-order valence-electron chi connectivity index (χ1n) is 5.88. The third-order valence-electron chi connectivity index (χ3n) is 2.91. The zero-order valence-electron chi connectivity index (χ0n) is 10.3. The predicted molar refractivity (Wildman–Crippen MR) is 65.3 cm³/mol. The number of carboxylic acids is 1. The summed E-state index contributed by atoms with van der Waals surface area (Å²) >= 11 is 0. The Hall–Kier alpha value is -2.42. The van der Waals surface area contributed by atoms with Crippen LogP contribution in [0.2, 0.25) is 0 Å². The van der Waals surface area contributed by atoms with E-state index in [1.54, 1.807) is 0 Å². The maximum absolute atomic E-state index is 11.8. The number of carbonyl (C=O) groups excluding carboxylic acids is 1. The zero-order chi connectivity index (χ0) is 14.7. The van der Waals surface area contributed by atoms with Gasteiger partial charge in [0.05, 0.1) is 25.7 Å². The molecule has 0 bridgehead atoms. The van der Waals surface area contributed by atoms with E-state index in [9.17, 15) is 19.2 Å². The van der Waals surface area contributed by atoms with Crippen molar-refractivity contribution in [2.45, 2.75) is 12.5 Å². The molecule has 1 fully saturated rings. The van der Waals surface area contributed by atoms with Gasteiger partial charge in [-0.2, -0.15) is 0 Å². The topological polar surface area (TPSA) is 141 Å². The smallest absolute Gasteiger partial charge is 0.325 e. The number of aliphatic carboxylic acids is 1. The minimum atomic E-state index is -1.04. The summed E-state index contributed by atoms with van der Waals surface area (Å²) in [6, 6.07) is 0.481. The molecule has 0 aliphatic carbocycles. The zero-order valence-corrected chi connectivity index (χ0v) is 10.3. The summed E-state index contributed by atoms with van der Waals surface area (Å²) in [6.45, 7) is 0.163. The summed E-state index contributed by atoms with van der Waals surface area (Å²) in [5, 5.41) is 11.5. The lowest BCUT2D eigenvalue weighted by Gasteiger charge is -2.15. The molecule has 0 radical (unpaired) electrons. The Morgan fingerprint density at radius 1 is 1.35 bits per heavy atom. The molecule has 20 heavy (non-hydrogen) atoms. The Bertz CT molecular complexity index is 605. The van der Waals surface area contributed by atoms with Gasteiger partial charge in [0, 0.05) is 11.8 Å². The van der Waals surface area contributed by atoms with Crippen LogP contribution >= 0.6 is 0 Å².